The van der Waals surface area contributed by atoms with Gasteiger partial charge in [-0.2, -0.15) is 0 Å². The topological polar surface area (TPSA) is 29.9 Å². The molecule has 0 unspecified atom stereocenters. The molecular formula is C15H21N3. The van der Waals surface area contributed by atoms with Gasteiger partial charge in [0, 0.05) is 25.1 Å². The van der Waals surface area contributed by atoms with Crippen LogP contribution >= 0.6 is 0 Å². The predicted octanol–water partition coefficient (Wildman–Crippen LogP) is 3.37. The molecule has 3 heteroatoms. The number of rotatable bonds is 6. The van der Waals surface area contributed by atoms with Crippen LogP contribution in [0.25, 0.3) is 0 Å². The van der Waals surface area contributed by atoms with E-state index in [0.717, 1.165) is 18.1 Å². The molecule has 2 rings (SSSR count). The molecule has 0 aliphatic heterocycles. The van der Waals surface area contributed by atoms with Crippen LogP contribution in [-0.2, 0) is 20.0 Å². The van der Waals surface area contributed by atoms with Crippen molar-refractivity contribution in [1.29, 1.82) is 0 Å². The van der Waals surface area contributed by atoms with Gasteiger partial charge in [0.25, 0.3) is 0 Å². The lowest BCUT2D eigenvalue weighted by molar-refractivity contribution is 0.795. The van der Waals surface area contributed by atoms with Crippen molar-refractivity contribution in [3.63, 3.8) is 0 Å². The summed E-state index contributed by atoms with van der Waals surface area (Å²) >= 11 is 0. The van der Waals surface area contributed by atoms with Crippen LogP contribution in [0.15, 0.2) is 36.7 Å². The Bertz CT molecular complexity index is 471. The van der Waals surface area contributed by atoms with Crippen LogP contribution in [0.3, 0.4) is 0 Å². The first-order valence-electron chi connectivity index (χ1n) is 6.58. The van der Waals surface area contributed by atoms with Crippen molar-refractivity contribution < 1.29 is 0 Å². The zero-order chi connectivity index (χ0) is 12.8. The van der Waals surface area contributed by atoms with Crippen molar-refractivity contribution in [2.45, 2.75) is 32.7 Å². The van der Waals surface area contributed by atoms with E-state index in [-0.39, 0.29) is 0 Å². The SMILES string of the molecule is CCCCc1ccc(NCc2nccn2C)cc1. The molecule has 18 heavy (non-hydrogen) atoms. The maximum atomic E-state index is 4.29. The molecule has 1 aromatic carbocycles. The minimum atomic E-state index is 0.762. The fourth-order valence-electron chi connectivity index (χ4n) is 1.92. The third kappa shape index (κ3) is 3.36. The monoisotopic (exact) mass is 243 g/mol. The normalized spacial score (nSPS) is 10.6. The molecule has 0 saturated heterocycles. The van der Waals surface area contributed by atoms with E-state index in [1.54, 1.807) is 0 Å². The van der Waals surface area contributed by atoms with Crippen molar-refractivity contribution in [1.82, 2.24) is 9.55 Å². The van der Waals surface area contributed by atoms with Crippen molar-refractivity contribution in [2.75, 3.05) is 5.32 Å². The molecule has 0 bridgehead atoms. The second-order valence-corrected chi connectivity index (χ2v) is 4.61. The maximum Gasteiger partial charge on any atom is 0.127 e. The van der Waals surface area contributed by atoms with Gasteiger partial charge in [-0.25, -0.2) is 4.98 Å². The molecule has 1 aromatic heterocycles. The number of imidazole rings is 1. The van der Waals surface area contributed by atoms with E-state index in [2.05, 4.69) is 41.5 Å². The number of nitrogens with zero attached hydrogens (tertiary/aromatic N) is 2. The second-order valence-electron chi connectivity index (χ2n) is 4.61. The van der Waals surface area contributed by atoms with Gasteiger partial charge in [0.2, 0.25) is 0 Å². The average molecular weight is 243 g/mol. The summed E-state index contributed by atoms with van der Waals surface area (Å²) in [5, 5.41) is 3.39. The van der Waals surface area contributed by atoms with Gasteiger partial charge in [0.05, 0.1) is 6.54 Å². The Morgan fingerprint density at radius 2 is 2.00 bits per heavy atom. The third-order valence-corrected chi connectivity index (χ3v) is 3.14. The molecule has 1 N–H and O–H groups in total. The Morgan fingerprint density at radius 1 is 1.22 bits per heavy atom. The van der Waals surface area contributed by atoms with Crippen LogP contribution < -0.4 is 5.32 Å². The van der Waals surface area contributed by atoms with Crippen molar-refractivity contribution >= 4 is 5.69 Å². The number of hydrogen-bond acceptors (Lipinski definition) is 2. The lowest BCUT2D eigenvalue weighted by Crippen LogP contribution is -2.05. The first-order chi connectivity index (χ1) is 8.79. The van der Waals surface area contributed by atoms with Crippen molar-refractivity contribution in [2.24, 2.45) is 7.05 Å². The standard InChI is InChI=1S/C15H21N3/c1-3-4-5-13-6-8-14(9-7-13)17-12-15-16-10-11-18(15)2/h6-11,17H,3-5,12H2,1-2H3. The molecule has 0 amide bonds. The van der Waals surface area contributed by atoms with E-state index >= 15 is 0 Å². The smallest absolute Gasteiger partial charge is 0.127 e. The molecule has 0 aliphatic rings. The van der Waals surface area contributed by atoms with Gasteiger partial charge in [-0.3, -0.25) is 0 Å². The fourth-order valence-corrected chi connectivity index (χ4v) is 1.92. The first-order valence-corrected chi connectivity index (χ1v) is 6.58. The largest absolute Gasteiger partial charge is 0.378 e. The number of benzene rings is 1. The van der Waals surface area contributed by atoms with E-state index in [4.69, 9.17) is 0 Å². The highest BCUT2D eigenvalue weighted by Gasteiger charge is 1.99. The quantitative estimate of drug-likeness (QED) is 0.843. The van der Waals surface area contributed by atoms with E-state index in [9.17, 15) is 0 Å². The zero-order valence-corrected chi connectivity index (χ0v) is 11.2. The highest BCUT2D eigenvalue weighted by atomic mass is 15.1. The molecule has 0 saturated carbocycles. The second kappa shape index (κ2) is 6.24. The van der Waals surface area contributed by atoms with Gasteiger partial charge in [0.1, 0.15) is 5.82 Å². The lowest BCUT2D eigenvalue weighted by atomic mass is 10.1. The van der Waals surface area contributed by atoms with Gasteiger partial charge >= 0.3 is 0 Å². The van der Waals surface area contributed by atoms with Crippen molar-refractivity contribution in [3.8, 4) is 0 Å². The molecule has 0 atom stereocenters. The van der Waals surface area contributed by atoms with Crippen LogP contribution in [0.1, 0.15) is 31.2 Å². The number of nitrogens with one attached hydrogen (secondary N) is 1. The summed E-state index contributed by atoms with van der Waals surface area (Å²) in [6, 6.07) is 8.70. The summed E-state index contributed by atoms with van der Waals surface area (Å²) in [7, 11) is 2.01. The summed E-state index contributed by atoms with van der Waals surface area (Å²) in [4.78, 5) is 4.29. The van der Waals surface area contributed by atoms with Gasteiger partial charge in [0.15, 0.2) is 0 Å². The minimum Gasteiger partial charge on any atom is -0.378 e. The zero-order valence-electron chi connectivity index (χ0n) is 11.2. The molecule has 2 aromatic rings. The first kappa shape index (κ1) is 12.7. The molecular weight excluding hydrogens is 222 g/mol. The van der Waals surface area contributed by atoms with Gasteiger partial charge < -0.3 is 9.88 Å². The summed E-state index contributed by atoms with van der Waals surface area (Å²) in [6.45, 7) is 2.99. The van der Waals surface area contributed by atoms with Crippen LogP contribution in [0, 0.1) is 0 Å². The fraction of sp³-hybridized carbons (Fsp3) is 0.400. The van der Waals surface area contributed by atoms with Crippen LogP contribution in [-0.4, -0.2) is 9.55 Å². The molecule has 0 fully saturated rings. The predicted molar refractivity (Wildman–Crippen MR) is 75.6 cm³/mol. The number of unbranched alkanes of at least 4 members (excludes halogenated alkanes) is 1. The summed E-state index contributed by atoms with van der Waals surface area (Å²) in [6.07, 6.45) is 7.48. The number of aromatic nitrogens is 2. The third-order valence-electron chi connectivity index (χ3n) is 3.14. The summed E-state index contributed by atoms with van der Waals surface area (Å²) in [5.41, 5.74) is 2.57. The highest BCUT2D eigenvalue weighted by Crippen LogP contribution is 2.12. The van der Waals surface area contributed by atoms with E-state index < -0.39 is 0 Å². The van der Waals surface area contributed by atoms with Crippen LogP contribution in [0.2, 0.25) is 0 Å². The average Bonchev–Trinajstić information content (AvgIpc) is 2.81. The number of hydrogen-bond donors (Lipinski definition) is 1. The van der Waals surface area contributed by atoms with E-state index in [1.807, 2.05) is 24.0 Å². The molecule has 1 heterocycles. The highest BCUT2D eigenvalue weighted by molar-refractivity contribution is 5.44. The molecule has 0 radical (unpaired) electrons. The minimum absolute atomic E-state index is 0.762. The van der Waals surface area contributed by atoms with Crippen LogP contribution in [0.4, 0.5) is 5.69 Å². The number of aryl methyl sites for hydroxylation is 2. The van der Waals surface area contributed by atoms with E-state index in [1.165, 1.54) is 24.8 Å². The molecule has 0 aliphatic carbocycles. The summed E-state index contributed by atoms with van der Waals surface area (Å²) in [5.74, 6) is 1.05. The number of anilines is 1. The van der Waals surface area contributed by atoms with Crippen LogP contribution in [0.5, 0.6) is 0 Å². The molecule has 0 spiro atoms. The Hall–Kier alpha value is -1.77. The maximum absolute atomic E-state index is 4.29. The van der Waals surface area contributed by atoms with E-state index in [0.29, 0.717) is 0 Å². The van der Waals surface area contributed by atoms with Crippen molar-refractivity contribution in [3.05, 3.63) is 48.0 Å². The molecule has 96 valence electrons. The summed E-state index contributed by atoms with van der Waals surface area (Å²) < 4.78 is 2.03. The molecule has 3 nitrogen and oxygen atoms in total. The van der Waals surface area contributed by atoms with Gasteiger partial charge in [-0.15, -0.1) is 0 Å². The Labute approximate surface area is 109 Å². The van der Waals surface area contributed by atoms with Gasteiger partial charge in [-0.1, -0.05) is 25.5 Å². The lowest BCUT2D eigenvalue weighted by Gasteiger charge is -2.07. The van der Waals surface area contributed by atoms with Gasteiger partial charge in [-0.05, 0) is 30.5 Å². The Balaban J connectivity index is 1.88. The Morgan fingerprint density at radius 3 is 2.61 bits per heavy atom. The Kier molecular flexibility index (Phi) is 4.40.